The third-order valence-electron chi connectivity index (χ3n) is 3.83. The van der Waals surface area contributed by atoms with Crippen molar-refractivity contribution in [2.45, 2.75) is 19.4 Å². The number of benzene rings is 1. The van der Waals surface area contributed by atoms with E-state index in [-0.39, 0.29) is 6.54 Å². The van der Waals surface area contributed by atoms with Gasteiger partial charge in [-0.25, -0.2) is 4.79 Å². The number of urea groups is 1. The van der Waals surface area contributed by atoms with E-state index in [1.165, 1.54) is 7.05 Å². The summed E-state index contributed by atoms with van der Waals surface area (Å²) in [5.41, 5.74) is 0.305. The van der Waals surface area contributed by atoms with Crippen molar-refractivity contribution in [1.82, 2.24) is 15.5 Å². The zero-order valence-electron chi connectivity index (χ0n) is 13.0. The summed E-state index contributed by atoms with van der Waals surface area (Å²) < 4.78 is 5.20. The maximum absolute atomic E-state index is 12.6. The molecular formula is C15H19N3O4. The van der Waals surface area contributed by atoms with Gasteiger partial charge in [0, 0.05) is 7.05 Å². The first kappa shape index (κ1) is 15.8. The lowest BCUT2D eigenvalue weighted by atomic mass is 9.90. The molecule has 0 spiro atoms. The smallest absolute Gasteiger partial charge is 0.325 e. The molecule has 22 heavy (non-hydrogen) atoms. The second-order valence-electron chi connectivity index (χ2n) is 5.30. The standard InChI is InChI=1S/C15H19N3O4/c1-9-7-10(5-6-11(9)22-4)15(2)13(20)18(14(21)17-15)8-12(19)16-3/h5-7H,8H2,1-4H3,(H,16,19)(H,17,21). The highest BCUT2D eigenvalue weighted by Crippen LogP contribution is 2.31. The Morgan fingerprint density at radius 3 is 2.64 bits per heavy atom. The molecule has 0 saturated carbocycles. The normalized spacial score (nSPS) is 20.8. The van der Waals surface area contributed by atoms with E-state index in [0.29, 0.717) is 11.3 Å². The molecule has 1 fully saturated rings. The molecule has 1 aliphatic rings. The molecule has 2 rings (SSSR count). The van der Waals surface area contributed by atoms with Gasteiger partial charge in [-0.05, 0) is 37.1 Å². The van der Waals surface area contributed by atoms with E-state index in [9.17, 15) is 14.4 Å². The number of carbonyl (C=O) groups is 3. The Morgan fingerprint density at radius 2 is 2.09 bits per heavy atom. The maximum atomic E-state index is 12.6. The predicted octanol–water partition coefficient (Wildman–Crippen LogP) is 0.517. The van der Waals surface area contributed by atoms with Gasteiger partial charge in [-0.1, -0.05) is 6.07 Å². The number of rotatable bonds is 4. The average Bonchev–Trinajstić information content (AvgIpc) is 2.71. The number of ether oxygens (including phenoxy) is 1. The molecule has 1 aliphatic heterocycles. The lowest BCUT2D eigenvalue weighted by Crippen LogP contribution is -2.42. The van der Waals surface area contributed by atoms with Crippen LogP contribution in [0, 0.1) is 6.92 Å². The van der Waals surface area contributed by atoms with Crippen LogP contribution in [0.25, 0.3) is 0 Å². The van der Waals surface area contributed by atoms with Crippen LogP contribution in [-0.4, -0.2) is 43.4 Å². The van der Waals surface area contributed by atoms with Crippen molar-refractivity contribution in [3.8, 4) is 5.75 Å². The summed E-state index contributed by atoms with van der Waals surface area (Å²) in [4.78, 5) is 37.0. The van der Waals surface area contributed by atoms with E-state index in [0.717, 1.165) is 10.5 Å². The van der Waals surface area contributed by atoms with Crippen LogP contribution in [0.1, 0.15) is 18.1 Å². The molecule has 1 saturated heterocycles. The van der Waals surface area contributed by atoms with Gasteiger partial charge in [-0.2, -0.15) is 0 Å². The van der Waals surface area contributed by atoms with Crippen LogP contribution in [0.4, 0.5) is 4.79 Å². The lowest BCUT2D eigenvalue weighted by molar-refractivity contribution is -0.134. The summed E-state index contributed by atoms with van der Waals surface area (Å²) in [7, 11) is 3.02. The SMILES string of the molecule is CNC(=O)CN1C(=O)NC(C)(c2ccc(OC)c(C)c2)C1=O. The van der Waals surface area contributed by atoms with Gasteiger partial charge in [0.2, 0.25) is 5.91 Å². The Morgan fingerprint density at radius 1 is 1.41 bits per heavy atom. The fourth-order valence-electron chi connectivity index (χ4n) is 2.45. The third-order valence-corrected chi connectivity index (χ3v) is 3.83. The Kier molecular flexibility index (Phi) is 4.07. The van der Waals surface area contributed by atoms with Crippen molar-refractivity contribution in [3.63, 3.8) is 0 Å². The van der Waals surface area contributed by atoms with Gasteiger partial charge in [0.25, 0.3) is 5.91 Å². The summed E-state index contributed by atoms with van der Waals surface area (Å²) in [5, 5.41) is 5.05. The average molecular weight is 305 g/mol. The fourth-order valence-corrected chi connectivity index (χ4v) is 2.45. The van der Waals surface area contributed by atoms with Crippen LogP contribution >= 0.6 is 0 Å². The van der Waals surface area contributed by atoms with Gasteiger partial charge in [-0.3, -0.25) is 14.5 Å². The maximum Gasteiger partial charge on any atom is 0.325 e. The lowest BCUT2D eigenvalue weighted by Gasteiger charge is -2.23. The summed E-state index contributed by atoms with van der Waals surface area (Å²) in [5.74, 6) is -0.157. The number of amides is 4. The van der Waals surface area contributed by atoms with Gasteiger partial charge < -0.3 is 15.4 Å². The van der Waals surface area contributed by atoms with E-state index >= 15 is 0 Å². The molecule has 118 valence electrons. The molecule has 0 radical (unpaired) electrons. The minimum absolute atomic E-state index is 0.300. The largest absolute Gasteiger partial charge is 0.496 e. The molecule has 0 aromatic heterocycles. The van der Waals surface area contributed by atoms with Crippen molar-refractivity contribution < 1.29 is 19.1 Å². The second kappa shape index (κ2) is 5.67. The minimum atomic E-state index is -1.19. The molecule has 1 aromatic rings. The van der Waals surface area contributed by atoms with E-state index in [1.807, 2.05) is 6.92 Å². The fraction of sp³-hybridized carbons (Fsp3) is 0.400. The van der Waals surface area contributed by atoms with Gasteiger partial charge in [0.15, 0.2) is 0 Å². The van der Waals surface area contributed by atoms with Crippen molar-refractivity contribution in [2.75, 3.05) is 20.7 Å². The molecule has 4 amide bonds. The monoisotopic (exact) mass is 305 g/mol. The highest BCUT2D eigenvalue weighted by Gasteiger charge is 2.49. The number of nitrogens with zero attached hydrogens (tertiary/aromatic N) is 1. The predicted molar refractivity (Wildman–Crippen MR) is 79.4 cm³/mol. The number of likely N-dealkylation sites (N-methyl/N-ethyl adjacent to an activating group) is 1. The van der Waals surface area contributed by atoms with Crippen molar-refractivity contribution in [2.24, 2.45) is 0 Å². The third kappa shape index (κ3) is 2.49. The van der Waals surface area contributed by atoms with Crippen molar-refractivity contribution in [3.05, 3.63) is 29.3 Å². The molecule has 7 nitrogen and oxygen atoms in total. The minimum Gasteiger partial charge on any atom is -0.496 e. The van der Waals surface area contributed by atoms with E-state index in [2.05, 4.69) is 10.6 Å². The molecule has 7 heteroatoms. The Bertz CT molecular complexity index is 644. The van der Waals surface area contributed by atoms with Crippen LogP contribution in [0.3, 0.4) is 0 Å². The van der Waals surface area contributed by atoms with E-state index in [1.54, 1.807) is 32.2 Å². The first-order chi connectivity index (χ1) is 10.3. The first-order valence-corrected chi connectivity index (χ1v) is 6.83. The molecule has 1 unspecified atom stereocenters. The van der Waals surface area contributed by atoms with Crippen LogP contribution in [-0.2, 0) is 15.1 Å². The summed E-state index contributed by atoms with van der Waals surface area (Å²) in [6.45, 7) is 3.18. The van der Waals surface area contributed by atoms with Gasteiger partial charge >= 0.3 is 6.03 Å². The zero-order valence-corrected chi connectivity index (χ0v) is 13.0. The summed E-state index contributed by atoms with van der Waals surface area (Å²) in [6.07, 6.45) is 0. The molecule has 1 aromatic carbocycles. The van der Waals surface area contributed by atoms with Gasteiger partial charge in [0.1, 0.15) is 17.8 Å². The quantitative estimate of drug-likeness (QED) is 0.794. The van der Waals surface area contributed by atoms with E-state index in [4.69, 9.17) is 4.74 Å². The van der Waals surface area contributed by atoms with Crippen LogP contribution in [0.15, 0.2) is 18.2 Å². The number of imide groups is 1. The summed E-state index contributed by atoms with van der Waals surface area (Å²) in [6, 6.07) is 4.69. The van der Waals surface area contributed by atoms with Gasteiger partial charge in [-0.15, -0.1) is 0 Å². The van der Waals surface area contributed by atoms with Crippen LogP contribution in [0.5, 0.6) is 5.75 Å². The Balaban J connectivity index is 2.34. The number of methoxy groups -OCH3 is 1. The second-order valence-corrected chi connectivity index (χ2v) is 5.30. The molecule has 1 atom stereocenters. The number of aryl methyl sites for hydroxylation is 1. The number of hydrogen-bond donors (Lipinski definition) is 2. The topological polar surface area (TPSA) is 87.7 Å². The molecule has 2 N–H and O–H groups in total. The number of hydrogen-bond acceptors (Lipinski definition) is 4. The van der Waals surface area contributed by atoms with Crippen molar-refractivity contribution >= 4 is 17.8 Å². The van der Waals surface area contributed by atoms with Gasteiger partial charge in [0.05, 0.1) is 7.11 Å². The summed E-state index contributed by atoms with van der Waals surface area (Å²) >= 11 is 0. The van der Waals surface area contributed by atoms with Crippen LogP contribution in [0.2, 0.25) is 0 Å². The van der Waals surface area contributed by atoms with Crippen molar-refractivity contribution in [1.29, 1.82) is 0 Å². The highest BCUT2D eigenvalue weighted by molar-refractivity contribution is 6.09. The molecular weight excluding hydrogens is 286 g/mol. The molecule has 1 heterocycles. The first-order valence-electron chi connectivity index (χ1n) is 6.83. The molecule has 0 bridgehead atoms. The molecule has 0 aliphatic carbocycles. The Hall–Kier alpha value is -2.57. The number of carbonyl (C=O) groups excluding carboxylic acids is 3. The zero-order chi connectivity index (χ0) is 16.5. The van der Waals surface area contributed by atoms with E-state index < -0.39 is 23.4 Å². The highest BCUT2D eigenvalue weighted by atomic mass is 16.5. The number of nitrogens with one attached hydrogen (secondary N) is 2. The van der Waals surface area contributed by atoms with Crippen LogP contribution < -0.4 is 15.4 Å². The Labute approximate surface area is 128 Å².